The van der Waals surface area contributed by atoms with E-state index in [1.54, 1.807) is 6.20 Å². The summed E-state index contributed by atoms with van der Waals surface area (Å²) in [7, 11) is 0. The van der Waals surface area contributed by atoms with Crippen molar-refractivity contribution in [2.45, 2.75) is 52.6 Å². The largest absolute Gasteiger partial charge is 0.490 e. The molecule has 0 spiro atoms. The number of rotatable bonds is 6. The van der Waals surface area contributed by atoms with Gasteiger partial charge in [0.05, 0.1) is 6.54 Å². The standard InChI is InChI=1S/C12H21N3O2.C2HF3O2/c1-4-15-6-5-13-11(15)8-14-12(17)10(16)7-9(2)3;3-2(4,5)1(6)7/h5-6,9-10,16H,4,7-8H2,1-3H3,(H,14,17);(H,6,7). The molecule has 0 saturated heterocycles. The number of amides is 1. The predicted octanol–water partition coefficient (Wildman–Crippen LogP) is 1.56. The molecule has 0 aliphatic heterocycles. The molecule has 1 aromatic heterocycles. The normalized spacial score (nSPS) is 12.3. The van der Waals surface area contributed by atoms with E-state index in [0.29, 0.717) is 18.9 Å². The second-order valence-electron chi connectivity index (χ2n) is 5.30. The summed E-state index contributed by atoms with van der Waals surface area (Å²) in [6.45, 7) is 7.13. The number of nitrogens with zero attached hydrogens (tertiary/aromatic N) is 2. The number of nitrogens with one attached hydrogen (secondary N) is 1. The highest BCUT2D eigenvalue weighted by atomic mass is 19.4. The van der Waals surface area contributed by atoms with Gasteiger partial charge in [0, 0.05) is 18.9 Å². The molecule has 1 atom stereocenters. The molecular weight excluding hydrogens is 331 g/mol. The van der Waals surface area contributed by atoms with Crippen molar-refractivity contribution in [1.82, 2.24) is 14.9 Å². The van der Waals surface area contributed by atoms with Crippen LogP contribution < -0.4 is 5.32 Å². The van der Waals surface area contributed by atoms with E-state index in [0.717, 1.165) is 12.4 Å². The molecule has 1 heterocycles. The van der Waals surface area contributed by atoms with Gasteiger partial charge in [0.25, 0.3) is 0 Å². The van der Waals surface area contributed by atoms with Gasteiger partial charge >= 0.3 is 12.1 Å². The molecule has 0 saturated carbocycles. The molecule has 0 aliphatic rings. The summed E-state index contributed by atoms with van der Waals surface area (Å²) in [5.41, 5.74) is 0. The zero-order valence-electron chi connectivity index (χ0n) is 13.7. The molecule has 1 rings (SSSR count). The van der Waals surface area contributed by atoms with Crippen LogP contribution in [0.5, 0.6) is 0 Å². The molecule has 1 amide bonds. The van der Waals surface area contributed by atoms with E-state index < -0.39 is 18.2 Å². The average molecular weight is 353 g/mol. The molecule has 1 unspecified atom stereocenters. The van der Waals surface area contributed by atoms with E-state index in [9.17, 15) is 23.1 Å². The summed E-state index contributed by atoms with van der Waals surface area (Å²) < 4.78 is 33.7. The number of hydrogen-bond acceptors (Lipinski definition) is 4. The second kappa shape index (κ2) is 9.91. The van der Waals surface area contributed by atoms with Crippen molar-refractivity contribution >= 4 is 11.9 Å². The van der Waals surface area contributed by atoms with Crippen LogP contribution in [0.25, 0.3) is 0 Å². The van der Waals surface area contributed by atoms with Crippen molar-refractivity contribution < 1.29 is 33.0 Å². The molecule has 1 aromatic rings. The molecule has 0 fully saturated rings. The van der Waals surface area contributed by atoms with Crippen LogP contribution in [0.2, 0.25) is 0 Å². The fourth-order valence-electron chi connectivity index (χ4n) is 1.63. The number of carboxylic acid groups (broad SMARTS) is 1. The Kier molecular flexibility index (Phi) is 9.04. The van der Waals surface area contributed by atoms with E-state index in [1.165, 1.54) is 0 Å². The number of carbonyl (C=O) groups excluding carboxylic acids is 1. The molecule has 0 bridgehead atoms. The highest BCUT2D eigenvalue weighted by Crippen LogP contribution is 2.13. The van der Waals surface area contributed by atoms with Crippen LogP contribution in [-0.4, -0.2) is 43.9 Å². The number of alkyl halides is 3. The molecule has 0 radical (unpaired) electrons. The maximum atomic E-state index is 11.6. The topological polar surface area (TPSA) is 104 Å². The first-order chi connectivity index (χ1) is 11.0. The van der Waals surface area contributed by atoms with Gasteiger partial charge < -0.3 is 20.1 Å². The van der Waals surface area contributed by atoms with Gasteiger partial charge in [-0.1, -0.05) is 13.8 Å². The fraction of sp³-hybridized carbons (Fsp3) is 0.643. The molecule has 0 aromatic carbocycles. The Hall–Kier alpha value is -2.10. The smallest absolute Gasteiger partial charge is 0.475 e. The SMILES string of the molecule is CCn1ccnc1CNC(=O)C(O)CC(C)C.O=C(O)C(F)(F)F. The number of carbonyl (C=O) groups is 2. The summed E-state index contributed by atoms with van der Waals surface area (Å²) in [6.07, 6.45) is -1.96. The third-order valence-corrected chi connectivity index (χ3v) is 2.80. The van der Waals surface area contributed by atoms with Gasteiger partial charge in [-0.3, -0.25) is 4.79 Å². The molecular formula is C14H22F3N3O4. The molecule has 0 aliphatic carbocycles. The quantitative estimate of drug-likeness (QED) is 0.720. The monoisotopic (exact) mass is 353 g/mol. The van der Waals surface area contributed by atoms with Crippen molar-refractivity contribution in [2.24, 2.45) is 5.92 Å². The molecule has 3 N–H and O–H groups in total. The minimum absolute atomic E-state index is 0.299. The lowest BCUT2D eigenvalue weighted by atomic mass is 10.1. The Morgan fingerprint density at radius 3 is 2.33 bits per heavy atom. The van der Waals surface area contributed by atoms with Gasteiger partial charge in [-0.25, -0.2) is 9.78 Å². The highest BCUT2D eigenvalue weighted by Gasteiger charge is 2.38. The van der Waals surface area contributed by atoms with Crippen LogP contribution in [0.3, 0.4) is 0 Å². The highest BCUT2D eigenvalue weighted by molar-refractivity contribution is 5.80. The minimum atomic E-state index is -5.08. The van der Waals surface area contributed by atoms with Gasteiger partial charge in [-0.15, -0.1) is 0 Å². The lowest BCUT2D eigenvalue weighted by Gasteiger charge is -2.13. The summed E-state index contributed by atoms with van der Waals surface area (Å²) >= 11 is 0. The van der Waals surface area contributed by atoms with Crippen LogP contribution >= 0.6 is 0 Å². The molecule has 10 heteroatoms. The Balaban J connectivity index is 0.000000640. The lowest BCUT2D eigenvalue weighted by Crippen LogP contribution is -2.35. The van der Waals surface area contributed by atoms with Crippen LogP contribution in [-0.2, 0) is 22.7 Å². The van der Waals surface area contributed by atoms with E-state index in [1.807, 2.05) is 31.5 Å². The third-order valence-electron chi connectivity index (χ3n) is 2.80. The predicted molar refractivity (Wildman–Crippen MR) is 78.9 cm³/mol. The Morgan fingerprint density at radius 2 is 1.92 bits per heavy atom. The third kappa shape index (κ3) is 8.51. The van der Waals surface area contributed by atoms with Crippen LogP contribution in [0, 0.1) is 5.92 Å². The van der Waals surface area contributed by atoms with Gasteiger partial charge in [0.15, 0.2) is 0 Å². The average Bonchev–Trinajstić information content (AvgIpc) is 2.90. The lowest BCUT2D eigenvalue weighted by molar-refractivity contribution is -0.192. The molecule has 7 nitrogen and oxygen atoms in total. The van der Waals surface area contributed by atoms with E-state index in [-0.39, 0.29) is 5.91 Å². The first kappa shape index (κ1) is 21.9. The number of aromatic nitrogens is 2. The summed E-state index contributed by atoms with van der Waals surface area (Å²) in [6, 6.07) is 0. The first-order valence-corrected chi connectivity index (χ1v) is 7.24. The maximum Gasteiger partial charge on any atom is 0.490 e. The Bertz CT molecular complexity index is 530. The fourth-order valence-corrected chi connectivity index (χ4v) is 1.63. The number of imidazole rings is 1. The molecule has 24 heavy (non-hydrogen) atoms. The van der Waals surface area contributed by atoms with Gasteiger partial charge in [0.1, 0.15) is 11.9 Å². The summed E-state index contributed by atoms with van der Waals surface area (Å²) in [4.78, 5) is 24.6. The minimum Gasteiger partial charge on any atom is -0.475 e. The van der Waals surface area contributed by atoms with Gasteiger partial charge in [-0.05, 0) is 19.3 Å². The number of carboxylic acids is 1. The summed E-state index contributed by atoms with van der Waals surface area (Å²) in [5.74, 6) is -1.98. The Morgan fingerprint density at radius 1 is 1.38 bits per heavy atom. The van der Waals surface area contributed by atoms with Crippen molar-refractivity contribution in [2.75, 3.05) is 0 Å². The Labute approximate surface area is 137 Å². The van der Waals surface area contributed by atoms with Crippen molar-refractivity contribution in [3.05, 3.63) is 18.2 Å². The van der Waals surface area contributed by atoms with E-state index in [4.69, 9.17) is 9.90 Å². The second-order valence-corrected chi connectivity index (χ2v) is 5.30. The van der Waals surface area contributed by atoms with E-state index in [2.05, 4.69) is 10.3 Å². The van der Waals surface area contributed by atoms with Crippen LogP contribution in [0.4, 0.5) is 13.2 Å². The number of aliphatic carboxylic acids is 1. The number of aliphatic hydroxyl groups excluding tert-OH is 1. The van der Waals surface area contributed by atoms with Crippen molar-refractivity contribution in [1.29, 1.82) is 0 Å². The maximum absolute atomic E-state index is 11.6. The van der Waals surface area contributed by atoms with Crippen molar-refractivity contribution in [3.8, 4) is 0 Å². The van der Waals surface area contributed by atoms with Gasteiger partial charge in [0.2, 0.25) is 5.91 Å². The number of hydrogen-bond donors (Lipinski definition) is 3. The van der Waals surface area contributed by atoms with Crippen LogP contribution in [0.1, 0.15) is 33.0 Å². The van der Waals surface area contributed by atoms with Crippen LogP contribution in [0.15, 0.2) is 12.4 Å². The van der Waals surface area contributed by atoms with Crippen molar-refractivity contribution in [3.63, 3.8) is 0 Å². The molecule has 138 valence electrons. The zero-order chi connectivity index (χ0) is 18.9. The zero-order valence-corrected chi connectivity index (χ0v) is 13.7. The first-order valence-electron chi connectivity index (χ1n) is 7.24. The number of halogens is 3. The number of aryl methyl sites for hydroxylation is 1. The van der Waals surface area contributed by atoms with Gasteiger partial charge in [-0.2, -0.15) is 13.2 Å². The van der Waals surface area contributed by atoms with E-state index >= 15 is 0 Å². The number of aliphatic hydroxyl groups is 1. The summed E-state index contributed by atoms with van der Waals surface area (Å²) in [5, 5.41) is 19.4.